The van der Waals surface area contributed by atoms with Crippen LogP contribution in [0.1, 0.15) is 13.8 Å². The van der Waals surface area contributed by atoms with E-state index in [9.17, 15) is 4.79 Å². The molecule has 1 aliphatic heterocycles. The average Bonchev–Trinajstić information content (AvgIpc) is 1.95. The van der Waals surface area contributed by atoms with Gasteiger partial charge in [0.1, 0.15) is 0 Å². The fourth-order valence-corrected chi connectivity index (χ4v) is 1.16. The van der Waals surface area contributed by atoms with E-state index in [0.29, 0.717) is 0 Å². The number of nitrogens with one attached hydrogen (secondary N) is 1. The topological polar surface area (TPSA) is 49.3 Å². The molecule has 1 aliphatic rings. The Bertz CT molecular complexity index is 200. The van der Waals surface area contributed by atoms with Crippen molar-refractivity contribution >= 4 is 5.97 Å². The molecule has 0 aromatic carbocycles. The fourth-order valence-electron chi connectivity index (χ4n) is 1.16. The quantitative estimate of drug-likeness (QED) is 0.546. The fraction of sp³-hybridized carbons (Fsp3) is 0.625. The van der Waals surface area contributed by atoms with Gasteiger partial charge in [0.2, 0.25) is 0 Å². The van der Waals surface area contributed by atoms with Crippen molar-refractivity contribution in [2.24, 2.45) is 5.41 Å². The molecule has 1 heterocycles. The predicted octanol–water partition coefficient (Wildman–Crippen LogP) is 0.625. The Kier molecular flexibility index (Phi) is 2.00. The zero-order valence-electron chi connectivity index (χ0n) is 6.79. The second-order valence-electron chi connectivity index (χ2n) is 3.12. The second-order valence-corrected chi connectivity index (χ2v) is 3.12. The van der Waals surface area contributed by atoms with Crippen molar-refractivity contribution in [3.63, 3.8) is 0 Å². The summed E-state index contributed by atoms with van der Waals surface area (Å²) in [4.78, 5) is 10.8. The van der Waals surface area contributed by atoms with Crippen LogP contribution in [0.4, 0.5) is 0 Å². The highest BCUT2D eigenvalue weighted by molar-refractivity contribution is 5.77. The summed E-state index contributed by atoms with van der Waals surface area (Å²) >= 11 is 0. The number of hydrogen-bond donors (Lipinski definition) is 2. The Balaban J connectivity index is 2.89. The lowest BCUT2D eigenvalue weighted by Crippen LogP contribution is -2.47. The van der Waals surface area contributed by atoms with Crippen molar-refractivity contribution in [2.45, 2.75) is 19.9 Å². The number of carboxylic acids is 1. The van der Waals surface area contributed by atoms with Gasteiger partial charge in [-0.1, -0.05) is 12.2 Å². The van der Waals surface area contributed by atoms with E-state index in [1.165, 1.54) is 0 Å². The van der Waals surface area contributed by atoms with Crippen LogP contribution in [0.25, 0.3) is 0 Å². The molecule has 0 aliphatic carbocycles. The first-order valence-electron chi connectivity index (χ1n) is 3.72. The molecule has 0 aromatic heterocycles. The molecule has 2 atom stereocenters. The minimum Gasteiger partial charge on any atom is -0.481 e. The Morgan fingerprint density at radius 1 is 1.82 bits per heavy atom. The van der Waals surface area contributed by atoms with E-state index >= 15 is 0 Å². The van der Waals surface area contributed by atoms with E-state index in [4.69, 9.17) is 5.11 Å². The molecule has 0 aromatic rings. The molecule has 1 rings (SSSR count). The molecule has 0 fully saturated rings. The Morgan fingerprint density at radius 2 is 2.45 bits per heavy atom. The maximum Gasteiger partial charge on any atom is 0.314 e. The van der Waals surface area contributed by atoms with Gasteiger partial charge < -0.3 is 10.4 Å². The zero-order chi connectivity index (χ0) is 8.48. The maximum atomic E-state index is 10.8. The van der Waals surface area contributed by atoms with E-state index in [0.717, 1.165) is 6.54 Å². The zero-order valence-corrected chi connectivity index (χ0v) is 6.79. The standard InChI is InChI=1S/C8H13NO2/c1-6-8(2,7(10)11)4-3-5-9-6/h3-4,6,9H,5H2,1-2H3,(H,10,11). The van der Waals surface area contributed by atoms with E-state index in [2.05, 4.69) is 5.32 Å². The summed E-state index contributed by atoms with van der Waals surface area (Å²) in [7, 11) is 0. The molecule has 0 bridgehead atoms. The first-order chi connectivity index (χ1) is 5.07. The van der Waals surface area contributed by atoms with Crippen molar-refractivity contribution in [2.75, 3.05) is 6.54 Å². The van der Waals surface area contributed by atoms with Gasteiger partial charge in [-0.2, -0.15) is 0 Å². The summed E-state index contributed by atoms with van der Waals surface area (Å²) in [6.45, 7) is 4.38. The van der Waals surface area contributed by atoms with Crippen LogP contribution in [0.3, 0.4) is 0 Å². The smallest absolute Gasteiger partial charge is 0.314 e. The molecule has 0 spiro atoms. The number of carboxylic acid groups (broad SMARTS) is 1. The van der Waals surface area contributed by atoms with Crippen LogP contribution in [-0.2, 0) is 4.79 Å². The summed E-state index contributed by atoms with van der Waals surface area (Å²) in [5.41, 5.74) is -0.738. The van der Waals surface area contributed by atoms with Crippen LogP contribution in [0.5, 0.6) is 0 Å². The summed E-state index contributed by atoms with van der Waals surface area (Å²) in [5.74, 6) is -0.770. The molecule has 11 heavy (non-hydrogen) atoms. The van der Waals surface area contributed by atoms with Gasteiger partial charge in [0, 0.05) is 12.6 Å². The Morgan fingerprint density at radius 3 is 2.82 bits per heavy atom. The summed E-state index contributed by atoms with van der Waals surface area (Å²) in [5, 5.41) is 12.0. The van der Waals surface area contributed by atoms with E-state index in [1.807, 2.05) is 13.0 Å². The molecular weight excluding hydrogens is 142 g/mol. The van der Waals surface area contributed by atoms with Crippen LogP contribution in [0, 0.1) is 5.41 Å². The molecule has 2 N–H and O–H groups in total. The van der Waals surface area contributed by atoms with Gasteiger partial charge >= 0.3 is 5.97 Å². The summed E-state index contributed by atoms with van der Waals surface area (Å²) < 4.78 is 0. The van der Waals surface area contributed by atoms with Crippen molar-refractivity contribution in [3.8, 4) is 0 Å². The molecular formula is C8H13NO2. The van der Waals surface area contributed by atoms with Crippen molar-refractivity contribution < 1.29 is 9.90 Å². The predicted molar refractivity (Wildman–Crippen MR) is 42.3 cm³/mol. The number of rotatable bonds is 1. The molecule has 0 saturated heterocycles. The third kappa shape index (κ3) is 1.28. The van der Waals surface area contributed by atoms with Gasteiger partial charge in [-0.25, -0.2) is 0 Å². The van der Waals surface area contributed by atoms with E-state index in [-0.39, 0.29) is 6.04 Å². The van der Waals surface area contributed by atoms with Gasteiger partial charge in [0.05, 0.1) is 5.41 Å². The highest BCUT2D eigenvalue weighted by Crippen LogP contribution is 2.25. The van der Waals surface area contributed by atoms with E-state index < -0.39 is 11.4 Å². The minimum atomic E-state index is -0.770. The number of carbonyl (C=O) groups is 1. The largest absolute Gasteiger partial charge is 0.481 e. The van der Waals surface area contributed by atoms with Crippen molar-refractivity contribution in [1.82, 2.24) is 5.32 Å². The minimum absolute atomic E-state index is 0.00463. The van der Waals surface area contributed by atoms with Gasteiger partial charge in [-0.15, -0.1) is 0 Å². The van der Waals surface area contributed by atoms with Gasteiger partial charge in [-0.3, -0.25) is 4.79 Å². The molecule has 0 saturated carbocycles. The van der Waals surface area contributed by atoms with Crippen molar-refractivity contribution in [3.05, 3.63) is 12.2 Å². The van der Waals surface area contributed by atoms with Gasteiger partial charge in [-0.05, 0) is 13.8 Å². The molecule has 62 valence electrons. The highest BCUT2D eigenvalue weighted by atomic mass is 16.4. The maximum absolute atomic E-state index is 10.8. The monoisotopic (exact) mass is 155 g/mol. The van der Waals surface area contributed by atoms with E-state index in [1.54, 1.807) is 13.0 Å². The summed E-state index contributed by atoms with van der Waals surface area (Å²) in [6, 6.07) is 0.00463. The summed E-state index contributed by atoms with van der Waals surface area (Å²) in [6.07, 6.45) is 3.62. The molecule has 0 amide bonds. The SMILES string of the molecule is CC1NCC=CC1(C)C(=O)O. The second kappa shape index (κ2) is 2.66. The highest BCUT2D eigenvalue weighted by Gasteiger charge is 2.37. The molecule has 0 radical (unpaired) electrons. The number of aliphatic carboxylic acids is 1. The lowest BCUT2D eigenvalue weighted by molar-refractivity contribution is -0.146. The van der Waals surface area contributed by atoms with Gasteiger partial charge in [0.15, 0.2) is 0 Å². The van der Waals surface area contributed by atoms with Crippen LogP contribution >= 0.6 is 0 Å². The van der Waals surface area contributed by atoms with Crippen LogP contribution in [-0.4, -0.2) is 23.7 Å². The molecule has 2 unspecified atom stereocenters. The normalized spacial score (nSPS) is 37.1. The first-order valence-corrected chi connectivity index (χ1v) is 3.72. The lowest BCUT2D eigenvalue weighted by atomic mass is 9.81. The Labute approximate surface area is 66.1 Å². The Hall–Kier alpha value is -0.830. The molecule has 3 heteroatoms. The molecule has 3 nitrogen and oxygen atoms in total. The first kappa shape index (κ1) is 8.27. The average molecular weight is 155 g/mol. The van der Waals surface area contributed by atoms with Crippen LogP contribution in [0.2, 0.25) is 0 Å². The third-order valence-corrected chi connectivity index (χ3v) is 2.37. The third-order valence-electron chi connectivity index (χ3n) is 2.37. The van der Waals surface area contributed by atoms with Crippen LogP contribution in [0.15, 0.2) is 12.2 Å². The number of hydrogen-bond acceptors (Lipinski definition) is 2. The van der Waals surface area contributed by atoms with Crippen LogP contribution < -0.4 is 5.32 Å². The van der Waals surface area contributed by atoms with Gasteiger partial charge in [0.25, 0.3) is 0 Å². The lowest BCUT2D eigenvalue weighted by Gasteiger charge is -2.32. The van der Waals surface area contributed by atoms with Crippen molar-refractivity contribution in [1.29, 1.82) is 0 Å².